The van der Waals surface area contributed by atoms with Crippen molar-refractivity contribution >= 4 is 24.2 Å². The molecule has 4 rings (SSSR count). The van der Waals surface area contributed by atoms with Gasteiger partial charge in [0, 0.05) is 58.1 Å². The topological polar surface area (TPSA) is 70.5 Å². The van der Waals surface area contributed by atoms with E-state index in [2.05, 4.69) is 10.3 Å². The molecule has 2 amide bonds. The molecule has 2 unspecified atom stereocenters. The third kappa shape index (κ3) is 3.74. The van der Waals surface area contributed by atoms with Crippen molar-refractivity contribution in [3.05, 3.63) is 18.2 Å². The molecule has 2 atom stereocenters. The van der Waals surface area contributed by atoms with E-state index < -0.39 is 0 Å². The number of piperidine rings is 1. The van der Waals surface area contributed by atoms with Crippen molar-refractivity contribution in [2.24, 2.45) is 18.9 Å². The minimum absolute atomic E-state index is 0. The van der Waals surface area contributed by atoms with Gasteiger partial charge in [0.2, 0.25) is 11.8 Å². The van der Waals surface area contributed by atoms with Crippen molar-refractivity contribution in [2.75, 3.05) is 32.7 Å². The van der Waals surface area contributed by atoms with Crippen LogP contribution in [0.4, 0.5) is 0 Å². The molecule has 3 fully saturated rings. The SMILES string of the molecule is Cl.Cn1ccnc1C1CNCCN1C(=O)C1CCCN(C(=O)C2CC2)C1. The second-order valence-corrected chi connectivity index (χ2v) is 7.55. The molecule has 0 bridgehead atoms. The fraction of sp³-hybridized carbons (Fsp3) is 0.722. The largest absolute Gasteiger partial charge is 0.342 e. The number of halogens is 1. The summed E-state index contributed by atoms with van der Waals surface area (Å²) in [5.41, 5.74) is 0. The molecule has 1 aromatic heterocycles. The van der Waals surface area contributed by atoms with Gasteiger partial charge >= 0.3 is 0 Å². The van der Waals surface area contributed by atoms with Gasteiger partial charge < -0.3 is 19.7 Å². The zero-order valence-electron chi connectivity index (χ0n) is 15.3. The van der Waals surface area contributed by atoms with Gasteiger partial charge in [-0.1, -0.05) is 0 Å². The lowest BCUT2D eigenvalue weighted by atomic mass is 9.95. The van der Waals surface area contributed by atoms with Gasteiger partial charge in [-0.05, 0) is 25.7 Å². The molecule has 1 aliphatic carbocycles. The Morgan fingerprint density at radius 1 is 1.15 bits per heavy atom. The molecule has 0 aromatic carbocycles. The maximum Gasteiger partial charge on any atom is 0.228 e. The number of nitrogens with one attached hydrogen (secondary N) is 1. The molecule has 8 heteroatoms. The quantitative estimate of drug-likeness (QED) is 0.846. The lowest BCUT2D eigenvalue weighted by Crippen LogP contribution is -2.53. The number of likely N-dealkylation sites (tertiary alicyclic amines) is 1. The normalized spacial score (nSPS) is 26.3. The van der Waals surface area contributed by atoms with Crippen LogP contribution in [0.2, 0.25) is 0 Å². The summed E-state index contributed by atoms with van der Waals surface area (Å²) in [6.07, 6.45) is 7.55. The van der Waals surface area contributed by atoms with Crippen LogP contribution >= 0.6 is 12.4 Å². The summed E-state index contributed by atoms with van der Waals surface area (Å²) >= 11 is 0. The van der Waals surface area contributed by atoms with Gasteiger partial charge in [0.25, 0.3) is 0 Å². The Morgan fingerprint density at radius 3 is 2.65 bits per heavy atom. The minimum atomic E-state index is -0.0719. The number of aromatic nitrogens is 2. The first-order valence-corrected chi connectivity index (χ1v) is 9.42. The molecule has 2 saturated heterocycles. The molecule has 2 aliphatic heterocycles. The Morgan fingerprint density at radius 2 is 1.96 bits per heavy atom. The number of piperazine rings is 1. The van der Waals surface area contributed by atoms with E-state index in [1.807, 2.05) is 27.6 Å². The van der Waals surface area contributed by atoms with Crippen LogP contribution in [0.5, 0.6) is 0 Å². The van der Waals surface area contributed by atoms with Crippen LogP contribution in [-0.2, 0) is 16.6 Å². The molecule has 3 heterocycles. The van der Waals surface area contributed by atoms with Crippen molar-refractivity contribution in [3.63, 3.8) is 0 Å². The number of amides is 2. The first-order valence-electron chi connectivity index (χ1n) is 9.42. The van der Waals surface area contributed by atoms with Gasteiger partial charge in [0.1, 0.15) is 11.9 Å². The molecule has 1 N–H and O–H groups in total. The van der Waals surface area contributed by atoms with Gasteiger partial charge in [-0.25, -0.2) is 4.98 Å². The van der Waals surface area contributed by atoms with Gasteiger partial charge in [-0.3, -0.25) is 9.59 Å². The third-order valence-electron chi connectivity index (χ3n) is 5.69. The van der Waals surface area contributed by atoms with E-state index in [4.69, 9.17) is 0 Å². The first kappa shape index (κ1) is 19.2. The second kappa shape index (κ2) is 7.96. The number of carbonyl (C=O) groups excluding carboxylic acids is 2. The lowest BCUT2D eigenvalue weighted by Gasteiger charge is -2.40. The summed E-state index contributed by atoms with van der Waals surface area (Å²) in [4.78, 5) is 34.0. The molecule has 144 valence electrons. The van der Waals surface area contributed by atoms with E-state index >= 15 is 0 Å². The van der Waals surface area contributed by atoms with Gasteiger partial charge in [-0.15, -0.1) is 12.4 Å². The Kier molecular flexibility index (Phi) is 5.87. The highest BCUT2D eigenvalue weighted by atomic mass is 35.5. The third-order valence-corrected chi connectivity index (χ3v) is 5.69. The average molecular weight is 382 g/mol. The number of aryl methyl sites for hydroxylation is 1. The standard InChI is InChI=1S/C18H27N5O2.ClH/c1-21-9-7-20-16(21)15-11-19-6-10-23(15)18(25)14-3-2-8-22(12-14)17(24)13-4-5-13;/h7,9,13-15,19H,2-6,8,10-12H2,1H3;1H. The van der Waals surface area contributed by atoms with Crippen LogP contribution in [0.15, 0.2) is 12.4 Å². The summed E-state index contributed by atoms with van der Waals surface area (Å²) in [6.45, 7) is 3.64. The fourth-order valence-electron chi connectivity index (χ4n) is 4.10. The monoisotopic (exact) mass is 381 g/mol. The molecular weight excluding hydrogens is 354 g/mol. The number of nitrogens with zero attached hydrogens (tertiary/aromatic N) is 4. The average Bonchev–Trinajstić information content (AvgIpc) is 3.42. The van der Waals surface area contributed by atoms with Gasteiger partial charge in [-0.2, -0.15) is 0 Å². The van der Waals surface area contributed by atoms with Crippen molar-refractivity contribution in [1.82, 2.24) is 24.7 Å². The summed E-state index contributed by atoms with van der Waals surface area (Å²) in [6, 6.07) is -0.0317. The highest BCUT2D eigenvalue weighted by molar-refractivity contribution is 5.85. The summed E-state index contributed by atoms with van der Waals surface area (Å²) in [5.74, 6) is 1.52. The van der Waals surface area contributed by atoms with E-state index in [0.29, 0.717) is 13.1 Å². The fourth-order valence-corrected chi connectivity index (χ4v) is 4.10. The predicted octanol–water partition coefficient (Wildman–Crippen LogP) is 0.963. The number of hydrogen-bond donors (Lipinski definition) is 1. The number of rotatable bonds is 3. The van der Waals surface area contributed by atoms with Crippen molar-refractivity contribution in [2.45, 2.75) is 31.7 Å². The summed E-state index contributed by atoms with van der Waals surface area (Å²) < 4.78 is 1.99. The summed E-state index contributed by atoms with van der Waals surface area (Å²) in [5, 5.41) is 3.38. The highest BCUT2D eigenvalue weighted by Gasteiger charge is 2.39. The zero-order chi connectivity index (χ0) is 17.4. The molecule has 3 aliphatic rings. The lowest BCUT2D eigenvalue weighted by molar-refractivity contribution is -0.144. The molecule has 0 spiro atoms. The summed E-state index contributed by atoms with van der Waals surface area (Å²) in [7, 11) is 1.97. The smallest absolute Gasteiger partial charge is 0.228 e. The highest BCUT2D eigenvalue weighted by Crippen LogP contribution is 2.33. The molecule has 1 aromatic rings. The van der Waals surface area contributed by atoms with E-state index in [1.165, 1.54) is 0 Å². The van der Waals surface area contributed by atoms with Crippen LogP contribution in [-0.4, -0.2) is 63.9 Å². The second-order valence-electron chi connectivity index (χ2n) is 7.55. The van der Waals surface area contributed by atoms with Crippen LogP contribution in [0.3, 0.4) is 0 Å². The number of hydrogen-bond acceptors (Lipinski definition) is 4. The molecule has 0 radical (unpaired) electrons. The minimum Gasteiger partial charge on any atom is -0.342 e. The van der Waals surface area contributed by atoms with Crippen LogP contribution < -0.4 is 5.32 Å². The maximum atomic E-state index is 13.2. The van der Waals surface area contributed by atoms with Crippen LogP contribution in [0.1, 0.15) is 37.5 Å². The maximum absolute atomic E-state index is 13.2. The van der Waals surface area contributed by atoms with Gasteiger partial charge in [0.05, 0.1) is 5.92 Å². The Hall–Kier alpha value is -1.60. The number of imidazole rings is 1. The molecule has 7 nitrogen and oxygen atoms in total. The van der Waals surface area contributed by atoms with Crippen LogP contribution in [0, 0.1) is 11.8 Å². The van der Waals surface area contributed by atoms with E-state index in [9.17, 15) is 9.59 Å². The Balaban J connectivity index is 0.00000196. The Bertz CT molecular complexity index is 660. The molecule has 26 heavy (non-hydrogen) atoms. The van der Waals surface area contributed by atoms with Crippen molar-refractivity contribution in [3.8, 4) is 0 Å². The number of carbonyl (C=O) groups is 2. The van der Waals surface area contributed by atoms with Gasteiger partial charge in [0.15, 0.2) is 0 Å². The Labute approximate surface area is 160 Å². The first-order chi connectivity index (χ1) is 12.1. The van der Waals surface area contributed by atoms with Crippen LogP contribution in [0.25, 0.3) is 0 Å². The zero-order valence-corrected chi connectivity index (χ0v) is 16.1. The molecular formula is C18H28ClN5O2. The molecule has 1 saturated carbocycles. The predicted molar refractivity (Wildman–Crippen MR) is 99.8 cm³/mol. The van der Waals surface area contributed by atoms with E-state index in [-0.39, 0.29) is 42.1 Å². The van der Waals surface area contributed by atoms with Crippen molar-refractivity contribution in [1.29, 1.82) is 0 Å². The van der Waals surface area contributed by atoms with Crippen molar-refractivity contribution < 1.29 is 9.59 Å². The van der Waals surface area contributed by atoms with E-state index in [1.54, 1.807) is 6.20 Å². The van der Waals surface area contributed by atoms with E-state index in [0.717, 1.165) is 51.1 Å².